The predicted octanol–water partition coefficient (Wildman–Crippen LogP) is 2.83. The summed E-state index contributed by atoms with van der Waals surface area (Å²) in [6, 6.07) is 8.15. The number of rotatable bonds is 6. The Labute approximate surface area is 187 Å². The average Bonchev–Trinajstić information content (AvgIpc) is 2.86. The smallest absolute Gasteiger partial charge is 0.149 e. The van der Waals surface area contributed by atoms with Gasteiger partial charge in [0.2, 0.25) is 0 Å². The first-order valence-electron chi connectivity index (χ1n) is 11.3. The van der Waals surface area contributed by atoms with Gasteiger partial charge in [-0.05, 0) is 37.8 Å². The van der Waals surface area contributed by atoms with Crippen molar-refractivity contribution >= 4 is 16.7 Å². The molecule has 1 unspecified atom stereocenters. The van der Waals surface area contributed by atoms with Gasteiger partial charge >= 0.3 is 0 Å². The molecule has 0 radical (unpaired) electrons. The van der Waals surface area contributed by atoms with Crippen LogP contribution in [0.15, 0.2) is 49.1 Å². The Bertz CT molecular complexity index is 1020. The second kappa shape index (κ2) is 9.77. The molecule has 3 aromatic rings. The first-order chi connectivity index (χ1) is 15.8. The van der Waals surface area contributed by atoms with Crippen LogP contribution in [0.4, 0.5) is 5.69 Å². The number of aromatic nitrogens is 3. The zero-order chi connectivity index (χ0) is 21.8. The number of hydrogen-bond acceptors (Lipinski definition) is 8. The van der Waals surface area contributed by atoms with Gasteiger partial charge in [-0.2, -0.15) is 0 Å². The third kappa shape index (κ3) is 4.82. The lowest BCUT2D eigenvalue weighted by atomic mass is 9.92. The lowest BCUT2D eigenvalue weighted by Gasteiger charge is -2.32. The number of aliphatic hydroxyl groups excluding tert-OH is 1. The van der Waals surface area contributed by atoms with Gasteiger partial charge < -0.3 is 19.5 Å². The highest BCUT2D eigenvalue weighted by Crippen LogP contribution is 2.33. The van der Waals surface area contributed by atoms with E-state index in [0.29, 0.717) is 0 Å². The van der Waals surface area contributed by atoms with Gasteiger partial charge in [-0.15, -0.1) is 0 Å². The van der Waals surface area contributed by atoms with Gasteiger partial charge in [0.05, 0.1) is 24.8 Å². The van der Waals surface area contributed by atoms with Gasteiger partial charge in [0.15, 0.2) is 0 Å². The van der Waals surface area contributed by atoms with Gasteiger partial charge in [0, 0.05) is 61.2 Å². The van der Waals surface area contributed by atoms with E-state index < -0.39 is 6.23 Å². The molecule has 3 heterocycles. The highest BCUT2D eigenvalue weighted by molar-refractivity contribution is 5.85. The van der Waals surface area contributed by atoms with E-state index >= 15 is 0 Å². The summed E-state index contributed by atoms with van der Waals surface area (Å²) in [5.74, 6) is 0.795. The molecule has 2 aromatic heterocycles. The fourth-order valence-corrected chi connectivity index (χ4v) is 4.51. The summed E-state index contributed by atoms with van der Waals surface area (Å²) in [5.41, 5.74) is 3.54. The molecule has 32 heavy (non-hydrogen) atoms. The molecular weight excluding hydrogens is 406 g/mol. The number of fused-ring (bicyclic) bond motifs is 1. The fraction of sp³-hybridized carbons (Fsp3) is 0.458. The van der Waals surface area contributed by atoms with E-state index in [-0.39, 0.29) is 12.1 Å². The van der Waals surface area contributed by atoms with Crippen LogP contribution < -0.4 is 15.0 Å². The van der Waals surface area contributed by atoms with Gasteiger partial charge in [0.1, 0.15) is 17.5 Å². The number of morpholine rings is 1. The molecule has 1 saturated carbocycles. The Balaban J connectivity index is 1.25. The maximum atomic E-state index is 10.4. The number of anilines is 1. The number of aliphatic hydroxyl groups is 1. The molecule has 0 spiro atoms. The molecule has 1 atom stereocenters. The minimum atomic E-state index is -0.699. The van der Waals surface area contributed by atoms with Crippen molar-refractivity contribution in [3.05, 3.63) is 54.6 Å². The van der Waals surface area contributed by atoms with Crippen molar-refractivity contribution in [3.63, 3.8) is 0 Å². The summed E-state index contributed by atoms with van der Waals surface area (Å²) in [5, 5.41) is 13.8. The normalized spacial score (nSPS) is 22.6. The number of benzene rings is 1. The number of hydrogen-bond donors (Lipinski definition) is 2. The molecule has 2 N–H and O–H groups in total. The lowest BCUT2D eigenvalue weighted by Crippen LogP contribution is -2.38. The number of nitrogens with zero attached hydrogens (tertiary/aromatic N) is 4. The van der Waals surface area contributed by atoms with Crippen LogP contribution in [0.3, 0.4) is 0 Å². The summed E-state index contributed by atoms with van der Waals surface area (Å²) in [7, 11) is 0. The predicted molar refractivity (Wildman–Crippen MR) is 122 cm³/mol. The van der Waals surface area contributed by atoms with Crippen molar-refractivity contribution in [2.45, 2.75) is 44.1 Å². The van der Waals surface area contributed by atoms with Crippen molar-refractivity contribution in [1.82, 2.24) is 20.3 Å². The lowest BCUT2D eigenvalue weighted by molar-refractivity contribution is 0.0889. The van der Waals surface area contributed by atoms with Crippen molar-refractivity contribution in [2.75, 3.05) is 31.2 Å². The molecule has 1 aliphatic carbocycles. The molecule has 168 valence electrons. The van der Waals surface area contributed by atoms with E-state index in [2.05, 4.69) is 37.3 Å². The van der Waals surface area contributed by atoms with Crippen molar-refractivity contribution in [3.8, 4) is 5.75 Å². The summed E-state index contributed by atoms with van der Waals surface area (Å²) in [6.07, 6.45) is 9.97. The van der Waals surface area contributed by atoms with Crippen molar-refractivity contribution in [1.29, 1.82) is 0 Å². The maximum Gasteiger partial charge on any atom is 0.149 e. The van der Waals surface area contributed by atoms with Gasteiger partial charge in [-0.3, -0.25) is 15.3 Å². The molecule has 5 rings (SSSR count). The highest BCUT2D eigenvalue weighted by atomic mass is 16.5. The Morgan fingerprint density at radius 2 is 1.88 bits per heavy atom. The first kappa shape index (κ1) is 21.1. The molecule has 0 bridgehead atoms. The van der Waals surface area contributed by atoms with E-state index in [0.717, 1.165) is 80.0 Å². The van der Waals surface area contributed by atoms with Crippen molar-refractivity contribution < 1.29 is 14.6 Å². The second-order valence-corrected chi connectivity index (χ2v) is 8.41. The standard InChI is InChI=1S/C24H29N5O3/c30-24(17-2-1-7-25-16-17)28-18-3-5-20(6-4-18)32-22-15-19(29-10-12-31-13-11-29)14-21-23(22)27-9-8-26-21/h1-2,7-9,14-16,18,20,24,28,30H,3-6,10-13H2/t18-,20+,24?. The Hall–Kier alpha value is -2.81. The van der Waals surface area contributed by atoms with E-state index in [1.54, 1.807) is 24.8 Å². The summed E-state index contributed by atoms with van der Waals surface area (Å²) >= 11 is 0. The van der Waals surface area contributed by atoms with Crippen LogP contribution in [0, 0.1) is 0 Å². The molecule has 0 amide bonds. The molecule has 1 aromatic carbocycles. The van der Waals surface area contributed by atoms with Crippen molar-refractivity contribution in [2.24, 2.45) is 0 Å². The third-order valence-electron chi connectivity index (χ3n) is 6.26. The Morgan fingerprint density at radius 1 is 1.06 bits per heavy atom. The van der Waals surface area contributed by atoms with Crippen LogP contribution >= 0.6 is 0 Å². The number of ether oxygens (including phenoxy) is 2. The minimum absolute atomic E-state index is 0.119. The zero-order valence-electron chi connectivity index (χ0n) is 18.1. The highest BCUT2D eigenvalue weighted by Gasteiger charge is 2.25. The summed E-state index contributed by atoms with van der Waals surface area (Å²) in [6.45, 7) is 3.19. The summed E-state index contributed by atoms with van der Waals surface area (Å²) in [4.78, 5) is 15.5. The quantitative estimate of drug-likeness (QED) is 0.571. The van der Waals surface area contributed by atoms with Crippen LogP contribution in [-0.4, -0.2) is 58.5 Å². The molecule has 8 heteroatoms. The van der Waals surface area contributed by atoms with E-state index in [4.69, 9.17) is 9.47 Å². The van der Waals surface area contributed by atoms with Crippen LogP contribution in [0.2, 0.25) is 0 Å². The Morgan fingerprint density at radius 3 is 2.66 bits per heavy atom. The molecule has 2 fully saturated rings. The van der Waals surface area contributed by atoms with E-state index in [9.17, 15) is 5.11 Å². The number of pyridine rings is 1. The van der Waals surface area contributed by atoms with Crippen LogP contribution in [0.1, 0.15) is 37.5 Å². The summed E-state index contributed by atoms with van der Waals surface area (Å²) < 4.78 is 12.0. The SMILES string of the molecule is OC(N[C@H]1CC[C@@H](Oc2cc(N3CCOCC3)cc3nccnc23)CC1)c1cccnc1. The molecule has 1 saturated heterocycles. The van der Waals surface area contributed by atoms with Gasteiger partial charge in [-0.1, -0.05) is 6.07 Å². The first-order valence-corrected chi connectivity index (χ1v) is 11.3. The molecular formula is C24H29N5O3. The average molecular weight is 436 g/mol. The van der Waals surface area contributed by atoms with Gasteiger partial charge in [-0.25, -0.2) is 4.98 Å². The van der Waals surface area contributed by atoms with E-state index in [1.807, 2.05) is 12.1 Å². The molecule has 1 aliphatic heterocycles. The van der Waals surface area contributed by atoms with Crippen LogP contribution in [0.25, 0.3) is 11.0 Å². The third-order valence-corrected chi connectivity index (χ3v) is 6.26. The molecule has 8 nitrogen and oxygen atoms in total. The number of nitrogens with one attached hydrogen (secondary N) is 1. The van der Waals surface area contributed by atoms with Crippen LogP contribution in [0.5, 0.6) is 5.75 Å². The maximum absolute atomic E-state index is 10.4. The largest absolute Gasteiger partial charge is 0.488 e. The topological polar surface area (TPSA) is 92.6 Å². The van der Waals surface area contributed by atoms with Gasteiger partial charge in [0.25, 0.3) is 0 Å². The fourth-order valence-electron chi connectivity index (χ4n) is 4.51. The van der Waals surface area contributed by atoms with Crippen LogP contribution in [-0.2, 0) is 4.74 Å². The zero-order valence-corrected chi connectivity index (χ0v) is 18.1. The monoisotopic (exact) mass is 435 g/mol. The van der Waals surface area contributed by atoms with E-state index in [1.165, 1.54) is 0 Å². The molecule has 2 aliphatic rings. The minimum Gasteiger partial charge on any atom is -0.488 e. The Kier molecular flexibility index (Phi) is 6.43. The second-order valence-electron chi connectivity index (χ2n) is 8.41.